The average Bonchev–Trinajstić information content (AvgIpc) is 2.26. The van der Waals surface area contributed by atoms with E-state index < -0.39 is 0 Å². The lowest BCUT2D eigenvalue weighted by Crippen LogP contribution is -1.88. The predicted molar refractivity (Wildman–Crippen MR) is 62.2 cm³/mol. The molecule has 0 N–H and O–H groups in total. The van der Waals surface area contributed by atoms with Gasteiger partial charge < -0.3 is 4.74 Å². The van der Waals surface area contributed by atoms with Crippen LogP contribution < -0.4 is 4.74 Å². The lowest BCUT2D eigenvalue weighted by atomic mass is 10.1. The van der Waals surface area contributed by atoms with Crippen LogP contribution in [0.5, 0.6) is 5.75 Å². The van der Waals surface area contributed by atoms with Crippen LogP contribution in [-0.4, -0.2) is 12.9 Å². The minimum Gasteiger partial charge on any atom is -0.496 e. The Kier molecular flexibility index (Phi) is 4.13. The normalized spacial score (nSPS) is 10.3. The van der Waals surface area contributed by atoms with Crippen molar-refractivity contribution in [2.75, 3.05) is 7.11 Å². The van der Waals surface area contributed by atoms with Crippen LogP contribution in [-0.2, 0) is 4.79 Å². The van der Waals surface area contributed by atoms with E-state index in [0.29, 0.717) is 10.8 Å². The highest BCUT2D eigenvalue weighted by Gasteiger charge is 2.00. The van der Waals surface area contributed by atoms with Gasteiger partial charge in [0.25, 0.3) is 0 Å². The van der Waals surface area contributed by atoms with Gasteiger partial charge in [0.1, 0.15) is 5.75 Å². The summed E-state index contributed by atoms with van der Waals surface area (Å²) in [4.78, 5) is 11.0. The zero-order valence-corrected chi connectivity index (χ0v) is 9.12. The number of carbonyl (C=O) groups excluding carboxylic acids is 1. The van der Waals surface area contributed by atoms with E-state index in [9.17, 15) is 4.79 Å². The third-order valence-corrected chi connectivity index (χ3v) is 2.06. The van der Waals surface area contributed by atoms with Gasteiger partial charge in [0, 0.05) is 10.6 Å². The molecule has 1 aromatic carbocycles. The van der Waals surface area contributed by atoms with E-state index in [0.717, 1.165) is 5.56 Å². The molecule has 78 valence electrons. The molecule has 0 saturated carbocycles. The number of ketones is 1. The molecule has 0 saturated heterocycles. The summed E-state index contributed by atoms with van der Waals surface area (Å²) >= 11 is 5.83. The van der Waals surface area contributed by atoms with Gasteiger partial charge >= 0.3 is 0 Å². The molecule has 15 heavy (non-hydrogen) atoms. The fourth-order valence-electron chi connectivity index (χ4n) is 1.08. The van der Waals surface area contributed by atoms with Crippen molar-refractivity contribution in [2.45, 2.75) is 0 Å². The molecule has 3 heteroatoms. The second kappa shape index (κ2) is 5.37. The molecule has 1 rings (SSSR count). The first-order valence-corrected chi connectivity index (χ1v) is 4.73. The van der Waals surface area contributed by atoms with Crippen LogP contribution in [0.15, 0.2) is 36.9 Å². The topological polar surface area (TPSA) is 26.3 Å². The highest BCUT2D eigenvalue weighted by Crippen LogP contribution is 2.23. The highest BCUT2D eigenvalue weighted by atomic mass is 35.5. The molecular formula is C12H11ClO2. The second-order valence-corrected chi connectivity index (χ2v) is 3.26. The Morgan fingerprint density at radius 3 is 2.87 bits per heavy atom. The molecule has 0 unspecified atom stereocenters. The van der Waals surface area contributed by atoms with Crippen molar-refractivity contribution in [2.24, 2.45) is 0 Å². The van der Waals surface area contributed by atoms with Crippen molar-refractivity contribution in [3.05, 3.63) is 47.5 Å². The summed E-state index contributed by atoms with van der Waals surface area (Å²) in [6.07, 6.45) is 4.31. The summed E-state index contributed by atoms with van der Waals surface area (Å²) in [5.41, 5.74) is 0.764. The molecule has 0 fully saturated rings. The highest BCUT2D eigenvalue weighted by molar-refractivity contribution is 6.30. The van der Waals surface area contributed by atoms with Crippen LogP contribution in [0, 0.1) is 0 Å². The molecule has 0 aromatic heterocycles. The fraction of sp³-hybridized carbons (Fsp3) is 0.0833. The van der Waals surface area contributed by atoms with Crippen molar-refractivity contribution in [1.29, 1.82) is 0 Å². The first-order chi connectivity index (χ1) is 7.17. The third kappa shape index (κ3) is 3.26. The van der Waals surface area contributed by atoms with Gasteiger partial charge in [-0.1, -0.05) is 18.2 Å². The first kappa shape index (κ1) is 11.5. The van der Waals surface area contributed by atoms with Gasteiger partial charge in [0.05, 0.1) is 7.11 Å². The predicted octanol–water partition coefficient (Wildman–Crippen LogP) is 3.12. The Labute approximate surface area is 93.8 Å². The van der Waals surface area contributed by atoms with Crippen LogP contribution >= 0.6 is 11.6 Å². The number of ether oxygens (including phenoxy) is 1. The van der Waals surface area contributed by atoms with Crippen molar-refractivity contribution >= 4 is 23.5 Å². The second-order valence-electron chi connectivity index (χ2n) is 2.83. The quantitative estimate of drug-likeness (QED) is 0.732. The Balaban J connectivity index is 3.01. The zero-order chi connectivity index (χ0) is 11.3. The standard InChI is InChI=1S/C12H11ClO2/c1-3-11(14)6-4-9-8-10(13)5-7-12(9)15-2/h3-8H,1H2,2H3/b6-4+. The Morgan fingerprint density at radius 1 is 1.53 bits per heavy atom. The molecule has 0 atom stereocenters. The molecular weight excluding hydrogens is 212 g/mol. The Bertz CT molecular complexity index is 408. The van der Waals surface area contributed by atoms with Gasteiger partial charge in [0.15, 0.2) is 5.78 Å². The first-order valence-electron chi connectivity index (χ1n) is 4.35. The van der Waals surface area contributed by atoms with Crippen molar-refractivity contribution in [3.8, 4) is 5.75 Å². The maximum absolute atomic E-state index is 11.0. The maximum atomic E-state index is 11.0. The van der Waals surface area contributed by atoms with E-state index in [1.54, 1.807) is 31.4 Å². The molecule has 0 aliphatic rings. The van der Waals surface area contributed by atoms with Gasteiger partial charge in [-0.05, 0) is 36.4 Å². The summed E-state index contributed by atoms with van der Waals surface area (Å²) < 4.78 is 5.12. The van der Waals surface area contributed by atoms with Gasteiger partial charge in [0.2, 0.25) is 0 Å². The van der Waals surface area contributed by atoms with Crippen molar-refractivity contribution < 1.29 is 9.53 Å². The molecule has 0 aliphatic carbocycles. The number of carbonyl (C=O) groups is 1. The van der Waals surface area contributed by atoms with E-state index in [1.165, 1.54) is 12.2 Å². The van der Waals surface area contributed by atoms with Crippen LogP contribution in [0.1, 0.15) is 5.56 Å². The number of hydrogen-bond donors (Lipinski definition) is 0. The van der Waals surface area contributed by atoms with Gasteiger partial charge in [-0.2, -0.15) is 0 Å². The number of benzene rings is 1. The lowest BCUT2D eigenvalue weighted by molar-refractivity contribution is -0.110. The van der Waals surface area contributed by atoms with E-state index in [2.05, 4.69) is 6.58 Å². The zero-order valence-electron chi connectivity index (χ0n) is 8.37. The SMILES string of the molecule is C=CC(=O)/C=C/c1cc(Cl)ccc1OC. The van der Waals surface area contributed by atoms with E-state index in [-0.39, 0.29) is 5.78 Å². The molecule has 0 aliphatic heterocycles. The largest absolute Gasteiger partial charge is 0.496 e. The summed E-state index contributed by atoms with van der Waals surface area (Å²) in [7, 11) is 1.57. The molecule has 2 nitrogen and oxygen atoms in total. The van der Waals surface area contributed by atoms with Crippen LogP contribution in [0.25, 0.3) is 6.08 Å². The lowest BCUT2D eigenvalue weighted by Gasteiger charge is -2.04. The van der Waals surface area contributed by atoms with E-state index in [4.69, 9.17) is 16.3 Å². The average molecular weight is 223 g/mol. The van der Waals surface area contributed by atoms with Gasteiger partial charge in [-0.3, -0.25) is 4.79 Å². The van der Waals surface area contributed by atoms with Crippen molar-refractivity contribution in [1.82, 2.24) is 0 Å². The molecule has 0 heterocycles. The molecule has 0 spiro atoms. The van der Waals surface area contributed by atoms with E-state index >= 15 is 0 Å². The third-order valence-electron chi connectivity index (χ3n) is 1.82. The van der Waals surface area contributed by atoms with E-state index in [1.807, 2.05) is 0 Å². The van der Waals surface area contributed by atoms with Gasteiger partial charge in [-0.15, -0.1) is 0 Å². The summed E-state index contributed by atoms with van der Waals surface area (Å²) in [5.74, 6) is 0.518. The number of allylic oxidation sites excluding steroid dienone is 2. The number of rotatable bonds is 4. The monoisotopic (exact) mass is 222 g/mol. The number of methoxy groups -OCH3 is 1. The summed E-state index contributed by atoms with van der Waals surface area (Å²) in [6.45, 7) is 3.37. The molecule has 0 bridgehead atoms. The van der Waals surface area contributed by atoms with Crippen LogP contribution in [0.4, 0.5) is 0 Å². The van der Waals surface area contributed by atoms with Gasteiger partial charge in [-0.25, -0.2) is 0 Å². The summed E-state index contributed by atoms with van der Waals surface area (Å²) in [5, 5.41) is 0.599. The molecule has 0 radical (unpaired) electrons. The maximum Gasteiger partial charge on any atom is 0.178 e. The molecule has 0 amide bonds. The minimum absolute atomic E-state index is 0.156. The summed E-state index contributed by atoms with van der Waals surface area (Å²) in [6, 6.07) is 5.21. The minimum atomic E-state index is -0.156. The smallest absolute Gasteiger partial charge is 0.178 e. The van der Waals surface area contributed by atoms with Crippen LogP contribution in [0.2, 0.25) is 5.02 Å². The van der Waals surface area contributed by atoms with Crippen molar-refractivity contribution in [3.63, 3.8) is 0 Å². The number of hydrogen-bond acceptors (Lipinski definition) is 2. The molecule has 1 aromatic rings. The number of halogens is 1. The van der Waals surface area contributed by atoms with Crippen LogP contribution in [0.3, 0.4) is 0 Å². The fourth-order valence-corrected chi connectivity index (χ4v) is 1.26. The Hall–Kier alpha value is -1.54. The Morgan fingerprint density at radius 2 is 2.27 bits per heavy atom.